The smallest absolute Gasteiger partial charge is 0.405 e. The summed E-state index contributed by atoms with van der Waals surface area (Å²) in [7, 11) is 0. The largest absolute Gasteiger partial charge is 0.573 e. The molecule has 1 aromatic carbocycles. The molecule has 0 amide bonds. The normalized spacial score (nSPS) is 12.4. The fourth-order valence-corrected chi connectivity index (χ4v) is 1.74. The van der Waals surface area contributed by atoms with E-state index in [1.807, 2.05) is 0 Å². The maximum absolute atomic E-state index is 12.0. The summed E-state index contributed by atoms with van der Waals surface area (Å²) in [6.45, 7) is 0. The highest BCUT2D eigenvalue weighted by Crippen LogP contribution is 2.42. The molecule has 2 nitrogen and oxygen atoms in total. The van der Waals surface area contributed by atoms with Crippen molar-refractivity contribution in [3.63, 3.8) is 0 Å². The van der Waals surface area contributed by atoms with Gasteiger partial charge in [-0.1, -0.05) is 0 Å². The number of alkyl halides is 6. The van der Waals surface area contributed by atoms with Crippen LogP contribution in [-0.2, 0) is 0 Å². The van der Waals surface area contributed by atoms with Gasteiger partial charge in [-0.05, 0) is 44.0 Å². The van der Waals surface area contributed by atoms with E-state index in [0.717, 1.165) is 0 Å². The summed E-state index contributed by atoms with van der Waals surface area (Å²) in [5, 5.41) is 0. The van der Waals surface area contributed by atoms with Crippen LogP contribution in [0, 0.1) is 0 Å². The molecule has 18 heavy (non-hydrogen) atoms. The number of hydrogen-bond donors (Lipinski definition) is 0. The average Bonchev–Trinajstić information content (AvgIpc) is 2.14. The summed E-state index contributed by atoms with van der Waals surface area (Å²) >= 11 is 5.34. The Morgan fingerprint density at radius 1 is 0.722 bits per heavy atom. The zero-order valence-corrected chi connectivity index (χ0v) is 11.2. The first kappa shape index (κ1) is 15.4. The monoisotopic (exact) mass is 402 g/mol. The molecule has 1 rings (SSSR count). The second kappa shape index (κ2) is 5.16. The molecular weight excluding hydrogens is 402 g/mol. The lowest BCUT2D eigenvalue weighted by atomic mass is 10.3. The van der Waals surface area contributed by atoms with E-state index in [2.05, 4.69) is 41.3 Å². The van der Waals surface area contributed by atoms with Gasteiger partial charge in [-0.2, -0.15) is 0 Å². The highest BCUT2D eigenvalue weighted by molar-refractivity contribution is 9.13. The van der Waals surface area contributed by atoms with Gasteiger partial charge in [0.25, 0.3) is 0 Å². The van der Waals surface area contributed by atoms with Crippen LogP contribution in [0.2, 0.25) is 0 Å². The maximum atomic E-state index is 12.0. The van der Waals surface area contributed by atoms with Crippen LogP contribution in [0.15, 0.2) is 21.1 Å². The van der Waals surface area contributed by atoms with E-state index in [1.54, 1.807) is 0 Å². The van der Waals surface area contributed by atoms with Crippen molar-refractivity contribution in [3.8, 4) is 11.5 Å². The molecule has 0 N–H and O–H groups in total. The number of halogens is 8. The molecule has 102 valence electrons. The van der Waals surface area contributed by atoms with Gasteiger partial charge in [-0.15, -0.1) is 26.3 Å². The Bertz CT molecular complexity index is 401. The Hall–Kier alpha value is -0.640. The van der Waals surface area contributed by atoms with Gasteiger partial charge in [0.05, 0.1) is 8.95 Å². The van der Waals surface area contributed by atoms with Crippen molar-refractivity contribution in [3.05, 3.63) is 21.1 Å². The second-order valence-corrected chi connectivity index (χ2v) is 4.37. The van der Waals surface area contributed by atoms with E-state index < -0.39 is 24.2 Å². The van der Waals surface area contributed by atoms with Crippen molar-refractivity contribution in [2.75, 3.05) is 0 Å². The van der Waals surface area contributed by atoms with E-state index in [9.17, 15) is 26.3 Å². The van der Waals surface area contributed by atoms with Crippen LogP contribution in [-0.4, -0.2) is 12.7 Å². The summed E-state index contributed by atoms with van der Waals surface area (Å²) in [6, 6.07) is 1.40. The third-order valence-corrected chi connectivity index (χ3v) is 3.57. The Morgan fingerprint density at radius 3 is 1.22 bits per heavy atom. The lowest BCUT2D eigenvalue weighted by Crippen LogP contribution is -2.19. The first-order valence-electron chi connectivity index (χ1n) is 3.99. The van der Waals surface area contributed by atoms with Crippen molar-refractivity contribution >= 4 is 31.9 Å². The second-order valence-electron chi connectivity index (χ2n) is 2.79. The van der Waals surface area contributed by atoms with Gasteiger partial charge in [0, 0.05) is 0 Å². The number of ether oxygens (including phenoxy) is 2. The predicted molar refractivity (Wildman–Crippen MR) is 55.2 cm³/mol. The SMILES string of the molecule is FC(F)(F)Oc1ccc(OC(F)(F)F)c(Br)c1Br. The summed E-state index contributed by atoms with van der Waals surface area (Å²) in [5.74, 6) is -1.38. The van der Waals surface area contributed by atoms with Crippen LogP contribution >= 0.6 is 31.9 Å². The van der Waals surface area contributed by atoms with Gasteiger partial charge in [0.15, 0.2) is 0 Å². The van der Waals surface area contributed by atoms with Crippen molar-refractivity contribution in [1.29, 1.82) is 0 Å². The fourth-order valence-electron chi connectivity index (χ4n) is 0.921. The molecule has 0 aliphatic rings. The lowest BCUT2D eigenvalue weighted by molar-refractivity contribution is -0.277. The van der Waals surface area contributed by atoms with Crippen LogP contribution in [0.4, 0.5) is 26.3 Å². The maximum Gasteiger partial charge on any atom is 0.573 e. The summed E-state index contributed by atoms with van der Waals surface area (Å²) < 4.78 is 78.2. The first-order chi connectivity index (χ1) is 7.99. The van der Waals surface area contributed by atoms with E-state index in [-0.39, 0.29) is 8.95 Å². The van der Waals surface area contributed by atoms with E-state index in [0.29, 0.717) is 12.1 Å². The molecule has 0 heterocycles. The van der Waals surface area contributed by atoms with Gasteiger partial charge in [0.1, 0.15) is 11.5 Å². The topological polar surface area (TPSA) is 18.5 Å². The highest BCUT2D eigenvalue weighted by Gasteiger charge is 2.35. The molecule has 0 aliphatic carbocycles. The molecule has 0 radical (unpaired) electrons. The molecule has 0 saturated carbocycles. The molecule has 0 atom stereocenters. The molecule has 0 aromatic heterocycles. The Kier molecular flexibility index (Phi) is 4.42. The third kappa shape index (κ3) is 4.56. The van der Waals surface area contributed by atoms with E-state index in [4.69, 9.17) is 0 Å². The quantitative estimate of drug-likeness (QED) is 0.646. The minimum Gasteiger partial charge on any atom is -0.405 e. The summed E-state index contributed by atoms with van der Waals surface area (Å²) in [5.41, 5.74) is 0. The Morgan fingerprint density at radius 2 is 1.00 bits per heavy atom. The average molecular weight is 404 g/mol. The molecule has 0 bridgehead atoms. The van der Waals surface area contributed by atoms with Gasteiger partial charge in [-0.25, -0.2) is 0 Å². The van der Waals surface area contributed by atoms with Gasteiger partial charge in [0.2, 0.25) is 0 Å². The first-order valence-corrected chi connectivity index (χ1v) is 5.58. The van der Waals surface area contributed by atoms with Crippen molar-refractivity contribution in [2.24, 2.45) is 0 Å². The van der Waals surface area contributed by atoms with Crippen molar-refractivity contribution in [1.82, 2.24) is 0 Å². The molecule has 10 heteroatoms. The highest BCUT2D eigenvalue weighted by atomic mass is 79.9. The standard InChI is InChI=1S/C8H2Br2F6O2/c9-5-3(17-7(11,12)13)1-2-4(6(5)10)18-8(14,15)16/h1-2H. The number of benzene rings is 1. The molecule has 0 fully saturated rings. The molecule has 1 aromatic rings. The van der Waals surface area contributed by atoms with Crippen LogP contribution in [0.25, 0.3) is 0 Å². The molecule has 0 aliphatic heterocycles. The Labute approximate surface area is 113 Å². The van der Waals surface area contributed by atoms with Crippen molar-refractivity contribution < 1.29 is 35.8 Å². The van der Waals surface area contributed by atoms with Gasteiger partial charge >= 0.3 is 12.7 Å². The minimum absolute atomic E-state index is 0.346. The zero-order chi connectivity index (χ0) is 14.1. The summed E-state index contributed by atoms with van der Waals surface area (Å²) in [4.78, 5) is 0. The lowest BCUT2D eigenvalue weighted by Gasteiger charge is -2.15. The van der Waals surface area contributed by atoms with Crippen LogP contribution in [0.3, 0.4) is 0 Å². The fraction of sp³-hybridized carbons (Fsp3) is 0.250. The van der Waals surface area contributed by atoms with Crippen LogP contribution < -0.4 is 9.47 Å². The van der Waals surface area contributed by atoms with Crippen molar-refractivity contribution in [2.45, 2.75) is 12.7 Å². The minimum atomic E-state index is -4.95. The zero-order valence-electron chi connectivity index (χ0n) is 7.99. The van der Waals surface area contributed by atoms with Crippen LogP contribution in [0.5, 0.6) is 11.5 Å². The molecular formula is C8H2Br2F6O2. The van der Waals surface area contributed by atoms with Gasteiger partial charge in [-0.3, -0.25) is 0 Å². The number of rotatable bonds is 2. The summed E-state index contributed by atoms with van der Waals surface area (Å²) in [6.07, 6.45) is -9.90. The van der Waals surface area contributed by atoms with Crippen LogP contribution in [0.1, 0.15) is 0 Å². The number of hydrogen-bond acceptors (Lipinski definition) is 2. The molecule has 0 spiro atoms. The predicted octanol–water partition coefficient (Wildman–Crippen LogP) is 5.01. The van der Waals surface area contributed by atoms with E-state index in [1.165, 1.54) is 0 Å². The third-order valence-electron chi connectivity index (χ3n) is 1.46. The van der Waals surface area contributed by atoms with Gasteiger partial charge < -0.3 is 9.47 Å². The Balaban J connectivity index is 3.06. The molecule has 0 unspecified atom stereocenters. The van der Waals surface area contributed by atoms with E-state index >= 15 is 0 Å². The molecule has 0 saturated heterocycles.